The molecule has 11 nitrogen and oxygen atoms in total. The molecule has 1 N–H and O–H groups in total. The minimum Gasteiger partial charge on any atom is -0.491 e. The first-order valence-electron chi connectivity index (χ1n) is 18.1. The number of nitrogens with one attached hydrogen (secondary N) is 1. The molecule has 6 rings (SSSR count). The molecule has 1 aromatic heterocycles. The van der Waals surface area contributed by atoms with Gasteiger partial charge >= 0.3 is 0 Å². The van der Waals surface area contributed by atoms with E-state index < -0.39 is 21.7 Å². The Morgan fingerprint density at radius 2 is 1.96 bits per heavy atom. The van der Waals surface area contributed by atoms with Gasteiger partial charge in [-0.05, 0) is 97.6 Å². The van der Waals surface area contributed by atoms with Crippen LogP contribution in [0.3, 0.4) is 0 Å². The Hall–Kier alpha value is -4.16. The minimum atomic E-state index is -3.59. The van der Waals surface area contributed by atoms with Gasteiger partial charge in [-0.25, -0.2) is 4.21 Å². The highest BCUT2D eigenvalue weighted by Crippen LogP contribution is 2.42. The second-order valence-electron chi connectivity index (χ2n) is 14.2. The molecule has 274 valence electrons. The molecular formula is C39H51N5O6S. The van der Waals surface area contributed by atoms with E-state index in [1.165, 1.54) is 34.7 Å². The van der Waals surface area contributed by atoms with E-state index in [4.69, 9.17) is 14.2 Å². The van der Waals surface area contributed by atoms with E-state index in [1.807, 2.05) is 19.1 Å². The predicted octanol–water partition coefficient (Wildman–Crippen LogP) is 6.30. The highest BCUT2D eigenvalue weighted by atomic mass is 32.2. The maximum absolute atomic E-state index is 14.6. The van der Waals surface area contributed by atoms with Gasteiger partial charge in [-0.2, -0.15) is 0 Å². The molecule has 0 radical (unpaired) electrons. The van der Waals surface area contributed by atoms with Crippen molar-refractivity contribution >= 4 is 27.4 Å². The number of amides is 2. The van der Waals surface area contributed by atoms with Crippen LogP contribution in [0.15, 0.2) is 59.1 Å². The van der Waals surface area contributed by atoms with Crippen molar-refractivity contribution in [3.05, 3.63) is 82.6 Å². The topological polar surface area (TPSA) is 124 Å². The number of hydrogen-bond donors (Lipinski definition) is 1. The van der Waals surface area contributed by atoms with Gasteiger partial charge in [0, 0.05) is 39.0 Å². The molecular weight excluding hydrogens is 667 g/mol. The number of allylic oxidation sites excluding steroid dienone is 1. The fraction of sp³-hybridized carbons (Fsp3) is 0.513. The van der Waals surface area contributed by atoms with Crippen molar-refractivity contribution in [1.82, 2.24) is 14.5 Å². The molecule has 5 atom stereocenters. The summed E-state index contributed by atoms with van der Waals surface area (Å²) >= 11 is 0. The van der Waals surface area contributed by atoms with Gasteiger partial charge in [0.1, 0.15) is 21.2 Å². The number of carbonyl (C=O) groups excluding carboxylic acids is 2. The minimum absolute atomic E-state index is 0.0300. The summed E-state index contributed by atoms with van der Waals surface area (Å²) in [6.07, 6.45) is 12.2. The van der Waals surface area contributed by atoms with Crippen LogP contribution in [0.2, 0.25) is 0 Å². The average Bonchev–Trinajstić information content (AvgIpc) is 3.48. The summed E-state index contributed by atoms with van der Waals surface area (Å²) in [5, 5.41) is 4.15. The summed E-state index contributed by atoms with van der Waals surface area (Å²) in [6.45, 7) is 6.09. The van der Waals surface area contributed by atoms with Crippen LogP contribution in [0.25, 0.3) is 0 Å². The van der Waals surface area contributed by atoms with Crippen LogP contribution in [-0.4, -0.2) is 65.0 Å². The Morgan fingerprint density at radius 3 is 2.71 bits per heavy atom. The fourth-order valence-electron chi connectivity index (χ4n) is 7.45. The van der Waals surface area contributed by atoms with Gasteiger partial charge in [0.05, 0.1) is 31.3 Å². The predicted molar refractivity (Wildman–Crippen MR) is 199 cm³/mol. The second kappa shape index (κ2) is 16.0. The number of nitrogens with zero attached hydrogens (tertiary/aromatic N) is 4. The zero-order valence-corrected chi connectivity index (χ0v) is 31.2. The molecule has 0 spiro atoms. The van der Waals surface area contributed by atoms with Crippen LogP contribution in [0, 0.1) is 17.8 Å². The van der Waals surface area contributed by atoms with E-state index in [9.17, 15) is 13.8 Å². The summed E-state index contributed by atoms with van der Waals surface area (Å²) in [5.74, 6) is -0.0527. The maximum Gasteiger partial charge on any atom is 0.286 e. The van der Waals surface area contributed by atoms with Crippen molar-refractivity contribution in [3.63, 3.8) is 0 Å². The second-order valence-corrected chi connectivity index (χ2v) is 16.2. The number of aromatic nitrogens is 2. The highest BCUT2D eigenvalue weighted by molar-refractivity contribution is 7.92. The van der Waals surface area contributed by atoms with Crippen LogP contribution in [-0.2, 0) is 41.1 Å². The van der Waals surface area contributed by atoms with Gasteiger partial charge in [-0.3, -0.25) is 19.0 Å². The molecule has 51 heavy (non-hydrogen) atoms. The third-order valence-corrected chi connectivity index (χ3v) is 12.4. The SMILES string of the molecule is CCc1ccc2c(c1)CCCCOc1ccc3cc1N(C2)C[C@@H]1CC[C@H]1[C@@H](OC)/C=C/C[C@H](C)CS(=O)(NC(=O)c1cn(C)nc1OC)=NC3=O. The Labute approximate surface area is 302 Å². The molecule has 2 amide bonds. The summed E-state index contributed by atoms with van der Waals surface area (Å²) in [6, 6.07) is 12.1. The largest absolute Gasteiger partial charge is 0.491 e. The van der Waals surface area contributed by atoms with Crippen molar-refractivity contribution in [2.45, 2.75) is 71.4 Å². The number of aryl methyl sites for hydroxylation is 3. The summed E-state index contributed by atoms with van der Waals surface area (Å²) in [7, 11) is 1.24. The van der Waals surface area contributed by atoms with E-state index >= 15 is 0 Å². The molecule has 12 heteroatoms. The van der Waals surface area contributed by atoms with Gasteiger partial charge in [0.2, 0.25) is 5.88 Å². The lowest BCUT2D eigenvalue weighted by Gasteiger charge is -2.43. The number of ether oxygens (including phenoxy) is 3. The molecule has 3 aromatic rings. The first-order chi connectivity index (χ1) is 24.6. The average molecular weight is 718 g/mol. The lowest BCUT2D eigenvalue weighted by atomic mass is 9.70. The summed E-state index contributed by atoms with van der Waals surface area (Å²) in [4.78, 5) is 29.9. The summed E-state index contributed by atoms with van der Waals surface area (Å²) < 4.78 is 40.6. The Bertz CT molecular complexity index is 1900. The quantitative estimate of drug-likeness (QED) is 0.305. The van der Waals surface area contributed by atoms with Gasteiger partial charge < -0.3 is 19.1 Å². The molecule has 0 saturated heterocycles. The van der Waals surface area contributed by atoms with E-state index in [1.54, 1.807) is 20.2 Å². The zero-order valence-electron chi connectivity index (χ0n) is 30.4. The third-order valence-electron chi connectivity index (χ3n) is 10.4. The van der Waals surface area contributed by atoms with Crippen LogP contribution >= 0.6 is 0 Å². The third kappa shape index (κ3) is 8.49. The number of carbonyl (C=O) groups is 2. The van der Waals surface area contributed by atoms with Crippen LogP contribution in [0.1, 0.15) is 83.4 Å². The lowest BCUT2D eigenvalue weighted by Crippen LogP contribution is -2.43. The standard InChI is InChI=1S/C39H51N5O6S/c1-6-27-13-14-30-22-44-23-31-15-17-32(31)35(48-4)12-9-10-26(2)25-51(47,42-38(46)33-24-43(3)40-39(33)49-5)41-37(45)29-16-18-36(34(44)21-29)50-19-8-7-11-28(30)20-27/h9,12-14,16,18,20-21,24,26,31-32,35H,6-8,10-11,15,17,19,22-23,25H2,1-5H3,(H,41,42,45,46,47)/b12-9+/t26-,31-,32+,35-,51?/m0/s1. The van der Waals surface area contributed by atoms with Crippen molar-refractivity contribution in [2.75, 3.05) is 38.0 Å². The molecule has 1 saturated carbocycles. The van der Waals surface area contributed by atoms with Crippen LogP contribution in [0.4, 0.5) is 5.69 Å². The molecule has 2 aromatic carbocycles. The molecule has 2 bridgehead atoms. The lowest BCUT2D eigenvalue weighted by molar-refractivity contribution is 0.0133. The molecule has 2 aliphatic heterocycles. The molecule has 3 heterocycles. The van der Waals surface area contributed by atoms with Crippen molar-refractivity contribution in [1.29, 1.82) is 0 Å². The van der Waals surface area contributed by atoms with Crippen LogP contribution < -0.4 is 19.1 Å². The monoisotopic (exact) mass is 717 g/mol. The Morgan fingerprint density at radius 1 is 1.12 bits per heavy atom. The number of methoxy groups -OCH3 is 2. The molecule has 1 unspecified atom stereocenters. The Balaban J connectivity index is 1.45. The van der Waals surface area contributed by atoms with E-state index in [2.05, 4.69) is 56.4 Å². The number of benzene rings is 2. The highest BCUT2D eigenvalue weighted by Gasteiger charge is 2.38. The number of fused-ring (bicyclic) bond motifs is 3. The van der Waals surface area contributed by atoms with Gasteiger partial charge in [0.15, 0.2) is 0 Å². The first kappa shape index (κ1) is 36.6. The van der Waals surface area contributed by atoms with Gasteiger partial charge in [-0.1, -0.05) is 44.2 Å². The molecule has 3 aliphatic rings. The fourth-order valence-corrected chi connectivity index (χ4v) is 9.34. The smallest absolute Gasteiger partial charge is 0.286 e. The number of anilines is 1. The molecule has 1 fully saturated rings. The summed E-state index contributed by atoms with van der Waals surface area (Å²) in [5.41, 5.74) is 5.12. The molecule has 1 aliphatic carbocycles. The van der Waals surface area contributed by atoms with Crippen molar-refractivity contribution in [3.8, 4) is 11.6 Å². The van der Waals surface area contributed by atoms with E-state index in [0.29, 0.717) is 37.2 Å². The van der Waals surface area contributed by atoms with E-state index in [-0.39, 0.29) is 34.8 Å². The van der Waals surface area contributed by atoms with E-state index in [0.717, 1.165) is 50.8 Å². The number of rotatable bonds is 5. The van der Waals surface area contributed by atoms with Crippen LogP contribution in [0.5, 0.6) is 11.6 Å². The van der Waals surface area contributed by atoms with Gasteiger partial charge in [0.25, 0.3) is 11.8 Å². The van der Waals surface area contributed by atoms with Crippen molar-refractivity contribution in [2.24, 2.45) is 29.2 Å². The van der Waals surface area contributed by atoms with Gasteiger partial charge in [-0.15, -0.1) is 9.46 Å². The normalized spacial score (nSPS) is 26.2. The first-order valence-corrected chi connectivity index (χ1v) is 19.8. The Kier molecular flexibility index (Phi) is 11.5. The van der Waals surface area contributed by atoms with Crippen molar-refractivity contribution < 1.29 is 28.0 Å². The maximum atomic E-state index is 14.6. The zero-order chi connectivity index (χ0) is 36.1. The number of hydrogen-bond acceptors (Lipinski definition) is 8.